The number of carbonyl (C=O) groups is 1. The Morgan fingerprint density at radius 1 is 1.38 bits per heavy atom. The van der Waals surface area contributed by atoms with Crippen LogP contribution in [0.4, 0.5) is 5.95 Å². The normalized spacial score (nSPS) is 11.0. The van der Waals surface area contributed by atoms with Gasteiger partial charge in [0.15, 0.2) is 0 Å². The topological polar surface area (TPSA) is 64.7 Å². The number of anilines is 1. The van der Waals surface area contributed by atoms with Crippen LogP contribution in [0.25, 0.3) is 11.0 Å². The van der Waals surface area contributed by atoms with Crippen LogP contribution in [0, 0.1) is 0 Å². The van der Waals surface area contributed by atoms with Gasteiger partial charge in [0.2, 0.25) is 11.9 Å². The highest BCUT2D eigenvalue weighted by Crippen LogP contribution is 2.17. The van der Waals surface area contributed by atoms with Gasteiger partial charge in [-0.15, -0.1) is 0 Å². The summed E-state index contributed by atoms with van der Waals surface area (Å²) >= 11 is 5.77. The quantitative estimate of drug-likeness (QED) is 0.805. The van der Waals surface area contributed by atoms with Crippen LogP contribution < -0.4 is 5.32 Å². The number of imidazole rings is 1. The molecule has 2 aromatic heterocycles. The third-order valence-electron chi connectivity index (χ3n) is 3.21. The van der Waals surface area contributed by atoms with E-state index in [0.29, 0.717) is 23.9 Å². The van der Waals surface area contributed by atoms with Gasteiger partial charge in [-0.25, -0.2) is 4.98 Å². The number of nitrogens with zero attached hydrogens (tertiary/aromatic N) is 4. The highest BCUT2D eigenvalue weighted by Gasteiger charge is 2.10. The fraction of sp³-hybridized carbons (Fsp3) is 0.214. The van der Waals surface area contributed by atoms with E-state index in [0.717, 1.165) is 11.0 Å². The predicted octanol–water partition coefficient (Wildman–Crippen LogP) is 2.45. The van der Waals surface area contributed by atoms with Gasteiger partial charge in [-0.2, -0.15) is 5.10 Å². The van der Waals surface area contributed by atoms with Crippen molar-refractivity contribution in [1.82, 2.24) is 19.3 Å². The minimum absolute atomic E-state index is 0.111. The highest BCUT2D eigenvalue weighted by molar-refractivity contribution is 6.30. The Kier molecular flexibility index (Phi) is 3.62. The van der Waals surface area contributed by atoms with Crippen molar-refractivity contribution in [2.45, 2.75) is 13.0 Å². The molecule has 0 radical (unpaired) electrons. The molecule has 0 fully saturated rings. The summed E-state index contributed by atoms with van der Waals surface area (Å²) in [5.74, 6) is 0.430. The largest absolute Gasteiger partial charge is 0.313 e. The van der Waals surface area contributed by atoms with Crippen molar-refractivity contribution in [3.8, 4) is 0 Å². The molecule has 6 nitrogen and oxygen atoms in total. The molecule has 0 spiro atoms. The van der Waals surface area contributed by atoms with Gasteiger partial charge in [0.1, 0.15) is 0 Å². The number of aromatic nitrogens is 4. The summed E-state index contributed by atoms with van der Waals surface area (Å²) in [4.78, 5) is 16.4. The zero-order chi connectivity index (χ0) is 14.8. The lowest BCUT2D eigenvalue weighted by atomic mass is 10.3. The number of hydrogen-bond acceptors (Lipinski definition) is 3. The molecule has 0 atom stereocenters. The number of fused-ring (bicyclic) bond motifs is 1. The first-order valence-corrected chi connectivity index (χ1v) is 6.90. The van der Waals surface area contributed by atoms with E-state index in [1.807, 2.05) is 35.9 Å². The summed E-state index contributed by atoms with van der Waals surface area (Å²) in [5.41, 5.74) is 1.83. The Hall–Kier alpha value is -2.34. The molecule has 1 aromatic carbocycles. The second kappa shape index (κ2) is 5.57. The summed E-state index contributed by atoms with van der Waals surface area (Å²) in [6.07, 6.45) is 3.54. The van der Waals surface area contributed by atoms with Gasteiger partial charge in [0.25, 0.3) is 0 Å². The van der Waals surface area contributed by atoms with E-state index in [2.05, 4.69) is 15.4 Å². The van der Waals surface area contributed by atoms with Crippen LogP contribution in [0.2, 0.25) is 5.02 Å². The maximum absolute atomic E-state index is 12.0. The molecule has 1 N–H and O–H groups in total. The number of amides is 1. The van der Waals surface area contributed by atoms with Crippen LogP contribution in [-0.2, 0) is 18.4 Å². The van der Waals surface area contributed by atoms with E-state index in [9.17, 15) is 4.79 Å². The number of benzene rings is 1. The third-order valence-corrected chi connectivity index (χ3v) is 3.40. The van der Waals surface area contributed by atoms with Gasteiger partial charge in [0, 0.05) is 26.2 Å². The Labute approximate surface area is 126 Å². The van der Waals surface area contributed by atoms with E-state index >= 15 is 0 Å². The summed E-state index contributed by atoms with van der Waals surface area (Å²) < 4.78 is 3.49. The maximum Gasteiger partial charge on any atom is 0.228 e. The van der Waals surface area contributed by atoms with Crippen molar-refractivity contribution in [2.75, 3.05) is 5.32 Å². The molecular weight excluding hydrogens is 290 g/mol. The van der Waals surface area contributed by atoms with Crippen LogP contribution in [0.15, 0.2) is 36.7 Å². The lowest BCUT2D eigenvalue weighted by Gasteiger charge is -2.05. The van der Waals surface area contributed by atoms with Crippen molar-refractivity contribution in [1.29, 1.82) is 0 Å². The number of aryl methyl sites for hydroxylation is 2. The SMILES string of the molecule is Cn1c(NC(=O)CCn2cc(Cl)cn2)nc2ccccc21. The second-order valence-corrected chi connectivity index (χ2v) is 5.14. The molecular formula is C14H14ClN5O. The third kappa shape index (κ3) is 2.90. The minimum Gasteiger partial charge on any atom is -0.313 e. The monoisotopic (exact) mass is 303 g/mol. The molecule has 1 amide bonds. The fourth-order valence-corrected chi connectivity index (χ4v) is 2.28. The van der Waals surface area contributed by atoms with Crippen molar-refractivity contribution in [3.63, 3.8) is 0 Å². The van der Waals surface area contributed by atoms with Gasteiger partial charge < -0.3 is 4.57 Å². The summed E-state index contributed by atoms with van der Waals surface area (Å²) in [6, 6.07) is 7.74. The summed E-state index contributed by atoms with van der Waals surface area (Å²) in [7, 11) is 1.87. The predicted molar refractivity (Wildman–Crippen MR) is 81.2 cm³/mol. The summed E-state index contributed by atoms with van der Waals surface area (Å²) in [6.45, 7) is 0.475. The van der Waals surface area contributed by atoms with Gasteiger partial charge in [-0.3, -0.25) is 14.8 Å². The maximum atomic E-state index is 12.0. The molecule has 0 unspecified atom stereocenters. The zero-order valence-electron chi connectivity index (χ0n) is 11.5. The Balaban J connectivity index is 1.67. The van der Waals surface area contributed by atoms with Crippen LogP contribution in [0.3, 0.4) is 0 Å². The molecule has 0 aliphatic rings. The van der Waals surface area contributed by atoms with Gasteiger partial charge in [-0.1, -0.05) is 23.7 Å². The average molecular weight is 304 g/mol. The first-order valence-electron chi connectivity index (χ1n) is 6.53. The standard InChI is InChI=1S/C14H14ClN5O/c1-19-12-5-3-2-4-11(12)17-14(19)18-13(21)6-7-20-9-10(15)8-16-20/h2-5,8-9H,6-7H2,1H3,(H,17,18,21). The average Bonchev–Trinajstić information content (AvgIpc) is 3.02. The van der Waals surface area contributed by atoms with Crippen molar-refractivity contribution in [2.24, 2.45) is 7.05 Å². The Morgan fingerprint density at radius 2 is 2.19 bits per heavy atom. The fourth-order valence-electron chi connectivity index (χ4n) is 2.12. The number of carbonyl (C=O) groups excluding carboxylic acids is 1. The van der Waals surface area contributed by atoms with Crippen molar-refractivity contribution < 1.29 is 4.79 Å². The first-order chi connectivity index (χ1) is 10.1. The number of nitrogens with one attached hydrogen (secondary N) is 1. The van der Waals surface area contributed by atoms with Crippen molar-refractivity contribution >= 4 is 34.5 Å². The molecule has 0 saturated carbocycles. The van der Waals surface area contributed by atoms with E-state index in [-0.39, 0.29) is 5.91 Å². The van der Waals surface area contributed by atoms with Crippen molar-refractivity contribution in [3.05, 3.63) is 41.7 Å². The van der Waals surface area contributed by atoms with Crippen LogP contribution >= 0.6 is 11.6 Å². The van der Waals surface area contributed by atoms with Gasteiger partial charge in [0.05, 0.1) is 22.3 Å². The smallest absolute Gasteiger partial charge is 0.228 e. The Bertz CT molecular complexity index is 792. The molecule has 7 heteroatoms. The minimum atomic E-state index is -0.111. The molecule has 2 heterocycles. The molecule has 0 bridgehead atoms. The van der Waals surface area contributed by atoms with Crippen LogP contribution in [-0.4, -0.2) is 25.2 Å². The molecule has 0 saturated heterocycles. The summed E-state index contributed by atoms with van der Waals surface area (Å²) in [5, 5.41) is 7.41. The van der Waals surface area contributed by atoms with E-state index in [1.54, 1.807) is 17.1 Å². The molecule has 3 rings (SSSR count). The van der Waals surface area contributed by atoms with Crippen LogP contribution in [0.5, 0.6) is 0 Å². The van der Waals surface area contributed by atoms with E-state index in [1.165, 1.54) is 0 Å². The molecule has 0 aliphatic carbocycles. The van der Waals surface area contributed by atoms with Gasteiger partial charge in [-0.05, 0) is 12.1 Å². The molecule has 0 aliphatic heterocycles. The number of para-hydroxylation sites is 2. The van der Waals surface area contributed by atoms with Gasteiger partial charge >= 0.3 is 0 Å². The first kappa shape index (κ1) is 13.6. The van der Waals surface area contributed by atoms with Crippen LogP contribution in [0.1, 0.15) is 6.42 Å². The number of hydrogen-bond donors (Lipinski definition) is 1. The lowest BCUT2D eigenvalue weighted by molar-refractivity contribution is -0.116. The second-order valence-electron chi connectivity index (χ2n) is 4.70. The van der Waals surface area contributed by atoms with E-state index in [4.69, 9.17) is 11.6 Å². The molecule has 3 aromatic rings. The lowest BCUT2D eigenvalue weighted by Crippen LogP contribution is -2.17. The number of halogens is 1. The highest BCUT2D eigenvalue weighted by atomic mass is 35.5. The van der Waals surface area contributed by atoms with E-state index < -0.39 is 0 Å². The molecule has 108 valence electrons. The number of rotatable bonds is 4. The Morgan fingerprint density at radius 3 is 2.90 bits per heavy atom. The zero-order valence-corrected chi connectivity index (χ0v) is 12.2. The molecule has 21 heavy (non-hydrogen) atoms.